The van der Waals surface area contributed by atoms with Gasteiger partial charge in [-0.25, -0.2) is 4.79 Å². The minimum atomic E-state index is -0.894. The number of nitrogens with one attached hydrogen (secondary N) is 1. The van der Waals surface area contributed by atoms with Crippen LogP contribution in [0, 0.1) is 0 Å². The molecule has 104 valence electrons. The highest BCUT2D eigenvalue weighted by molar-refractivity contribution is 5.87. The van der Waals surface area contributed by atoms with Crippen molar-refractivity contribution in [2.24, 2.45) is 0 Å². The van der Waals surface area contributed by atoms with Gasteiger partial charge in [-0.2, -0.15) is 0 Å². The summed E-state index contributed by atoms with van der Waals surface area (Å²) in [7, 11) is 0. The van der Waals surface area contributed by atoms with Crippen LogP contribution in [0.4, 0.5) is 5.69 Å². The van der Waals surface area contributed by atoms with Crippen molar-refractivity contribution in [3.63, 3.8) is 0 Å². The van der Waals surface area contributed by atoms with Crippen molar-refractivity contribution in [1.82, 2.24) is 0 Å². The van der Waals surface area contributed by atoms with Gasteiger partial charge >= 0.3 is 5.97 Å². The van der Waals surface area contributed by atoms with E-state index in [-0.39, 0.29) is 0 Å². The van der Waals surface area contributed by atoms with E-state index in [1.807, 2.05) is 6.07 Å². The van der Waals surface area contributed by atoms with E-state index >= 15 is 0 Å². The molecule has 0 aliphatic rings. The van der Waals surface area contributed by atoms with Gasteiger partial charge in [-0.3, -0.25) is 0 Å². The van der Waals surface area contributed by atoms with E-state index in [0.717, 1.165) is 18.7 Å². The smallest absolute Gasteiger partial charge is 0.335 e. The lowest BCUT2D eigenvalue weighted by Crippen LogP contribution is -2.06. The first-order valence-electron chi connectivity index (χ1n) is 6.79. The van der Waals surface area contributed by atoms with E-state index in [0.29, 0.717) is 11.5 Å². The van der Waals surface area contributed by atoms with Crippen LogP contribution in [0.25, 0.3) is 0 Å². The lowest BCUT2D eigenvalue weighted by atomic mass is 9.98. The van der Waals surface area contributed by atoms with Crippen molar-refractivity contribution in [2.45, 2.75) is 19.3 Å². The van der Waals surface area contributed by atoms with Gasteiger partial charge in [0.2, 0.25) is 0 Å². The molecule has 0 aliphatic carbocycles. The summed E-state index contributed by atoms with van der Waals surface area (Å²) in [6.45, 7) is 3.08. The average Bonchev–Trinajstić information content (AvgIpc) is 2.48. The highest BCUT2D eigenvalue weighted by Crippen LogP contribution is 2.18. The van der Waals surface area contributed by atoms with Gasteiger partial charge in [-0.1, -0.05) is 37.3 Å². The number of carbonyl (C=O) groups is 1. The van der Waals surface area contributed by atoms with Gasteiger partial charge in [0.05, 0.1) is 5.56 Å². The Morgan fingerprint density at radius 2 is 1.75 bits per heavy atom. The molecule has 0 fully saturated rings. The van der Waals surface area contributed by atoms with Crippen molar-refractivity contribution < 1.29 is 9.90 Å². The lowest BCUT2D eigenvalue weighted by Gasteiger charge is -2.13. The number of anilines is 1. The predicted octanol–water partition coefficient (Wildman–Crippen LogP) is 3.99. The second-order valence-corrected chi connectivity index (χ2v) is 4.91. The van der Waals surface area contributed by atoms with Crippen LogP contribution in [0.3, 0.4) is 0 Å². The lowest BCUT2D eigenvalue weighted by molar-refractivity contribution is 0.0697. The van der Waals surface area contributed by atoms with Gasteiger partial charge in [0.15, 0.2) is 0 Å². The maximum atomic E-state index is 10.8. The van der Waals surface area contributed by atoms with E-state index in [1.54, 1.807) is 24.3 Å². The number of hydrogen-bond donors (Lipinski definition) is 2. The Morgan fingerprint density at radius 1 is 1.10 bits per heavy atom. The summed E-state index contributed by atoms with van der Waals surface area (Å²) in [6, 6.07) is 17.3. The Hall–Kier alpha value is -2.29. The number of hydrogen-bond acceptors (Lipinski definition) is 2. The summed E-state index contributed by atoms with van der Waals surface area (Å²) in [5.41, 5.74) is 2.61. The molecule has 0 aromatic heterocycles. The SMILES string of the molecule is CC(CCNc1ccc(C(=O)O)cc1)c1ccccc1. The van der Waals surface area contributed by atoms with Crippen LogP contribution in [-0.4, -0.2) is 17.6 Å². The first-order chi connectivity index (χ1) is 9.66. The van der Waals surface area contributed by atoms with Gasteiger partial charge < -0.3 is 10.4 Å². The van der Waals surface area contributed by atoms with Gasteiger partial charge in [-0.15, -0.1) is 0 Å². The van der Waals surface area contributed by atoms with E-state index in [1.165, 1.54) is 5.56 Å². The zero-order chi connectivity index (χ0) is 14.4. The van der Waals surface area contributed by atoms with Crippen LogP contribution in [0.5, 0.6) is 0 Å². The zero-order valence-electron chi connectivity index (χ0n) is 11.5. The molecule has 20 heavy (non-hydrogen) atoms. The predicted molar refractivity (Wildman–Crippen MR) is 81.4 cm³/mol. The first kappa shape index (κ1) is 14.1. The monoisotopic (exact) mass is 269 g/mol. The zero-order valence-corrected chi connectivity index (χ0v) is 11.5. The van der Waals surface area contributed by atoms with Gasteiger partial charge in [-0.05, 0) is 42.2 Å². The third-order valence-corrected chi connectivity index (χ3v) is 3.41. The van der Waals surface area contributed by atoms with E-state index < -0.39 is 5.97 Å². The number of carboxylic acids is 1. The fourth-order valence-corrected chi connectivity index (χ4v) is 2.11. The fraction of sp³-hybridized carbons (Fsp3) is 0.235. The molecule has 0 amide bonds. The summed E-state index contributed by atoms with van der Waals surface area (Å²) < 4.78 is 0. The normalized spacial score (nSPS) is 11.8. The number of carboxylic acid groups (broad SMARTS) is 1. The molecular formula is C17H19NO2. The maximum Gasteiger partial charge on any atom is 0.335 e. The molecule has 2 N–H and O–H groups in total. The fourth-order valence-electron chi connectivity index (χ4n) is 2.11. The Labute approximate surface area is 119 Å². The van der Waals surface area contributed by atoms with Crippen molar-refractivity contribution in [3.8, 4) is 0 Å². The molecule has 3 nitrogen and oxygen atoms in total. The molecule has 2 aromatic carbocycles. The highest BCUT2D eigenvalue weighted by Gasteiger charge is 2.05. The van der Waals surface area contributed by atoms with Gasteiger partial charge in [0.1, 0.15) is 0 Å². The van der Waals surface area contributed by atoms with Crippen LogP contribution in [0.1, 0.15) is 35.2 Å². The molecule has 0 saturated carbocycles. The van der Waals surface area contributed by atoms with Crippen LogP contribution < -0.4 is 5.32 Å². The van der Waals surface area contributed by atoms with Crippen LogP contribution >= 0.6 is 0 Å². The molecule has 0 bridgehead atoms. The molecule has 1 atom stereocenters. The van der Waals surface area contributed by atoms with Crippen LogP contribution in [-0.2, 0) is 0 Å². The third kappa shape index (κ3) is 3.85. The average molecular weight is 269 g/mol. The first-order valence-corrected chi connectivity index (χ1v) is 6.79. The quantitative estimate of drug-likeness (QED) is 0.833. The Bertz CT molecular complexity index is 549. The Balaban J connectivity index is 1.82. The van der Waals surface area contributed by atoms with Crippen molar-refractivity contribution in [3.05, 3.63) is 65.7 Å². The number of rotatable bonds is 6. The summed E-state index contributed by atoms with van der Waals surface area (Å²) in [6.07, 6.45) is 1.03. The highest BCUT2D eigenvalue weighted by atomic mass is 16.4. The molecule has 0 saturated heterocycles. The number of aromatic carboxylic acids is 1. The molecule has 3 heteroatoms. The second-order valence-electron chi connectivity index (χ2n) is 4.91. The minimum Gasteiger partial charge on any atom is -0.478 e. The summed E-state index contributed by atoms with van der Waals surface area (Å²) in [4.78, 5) is 10.8. The van der Waals surface area contributed by atoms with Crippen LogP contribution in [0.15, 0.2) is 54.6 Å². The van der Waals surface area contributed by atoms with Gasteiger partial charge in [0.25, 0.3) is 0 Å². The van der Waals surface area contributed by atoms with Crippen molar-refractivity contribution in [1.29, 1.82) is 0 Å². The van der Waals surface area contributed by atoms with Crippen molar-refractivity contribution >= 4 is 11.7 Å². The topological polar surface area (TPSA) is 49.3 Å². The minimum absolute atomic E-state index is 0.313. The van der Waals surface area contributed by atoms with Crippen LogP contribution in [0.2, 0.25) is 0 Å². The van der Waals surface area contributed by atoms with E-state index in [4.69, 9.17) is 5.11 Å². The standard InChI is InChI=1S/C17H19NO2/c1-13(14-5-3-2-4-6-14)11-12-18-16-9-7-15(8-10-16)17(19)20/h2-10,13,18H,11-12H2,1H3,(H,19,20). The van der Waals surface area contributed by atoms with Crippen molar-refractivity contribution in [2.75, 3.05) is 11.9 Å². The summed E-state index contributed by atoms with van der Waals surface area (Å²) in [5, 5.41) is 12.1. The molecular weight excluding hydrogens is 250 g/mol. The molecule has 2 aromatic rings. The molecule has 0 spiro atoms. The van der Waals surface area contributed by atoms with E-state index in [2.05, 4.69) is 36.5 Å². The molecule has 0 heterocycles. The molecule has 2 rings (SSSR count). The molecule has 1 unspecified atom stereocenters. The maximum absolute atomic E-state index is 10.8. The molecule has 0 aliphatic heterocycles. The third-order valence-electron chi connectivity index (χ3n) is 3.41. The Kier molecular flexibility index (Phi) is 4.77. The summed E-state index contributed by atoms with van der Waals surface area (Å²) in [5.74, 6) is -0.392. The number of benzene rings is 2. The van der Waals surface area contributed by atoms with E-state index in [9.17, 15) is 4.79 Å². The summed E-state index contributed by atoms with van der Waals surface area (Å²) >= 11 is 0. The Morgan fingerprint density at radius 3 is 2.35 bits per heavy atom. The van der Waals surface area contributed by atoms with Gasteiger partial charge in [0, 0.05) is 12.2 Å². The second kappa shape index (κ2) is 6.75. The largest absolute Gasteiger partial charge is 0.478 e. The molecule has 0 radical (unpaired) electrons.